The van der Waals surface area contributed by atoms with Crippen molar-refractivity contribution in [3.63, 3.8) is 0 Å². The highest BCUT2D eigenvalue weighted by molar-refractivity contribution is 7.16. The van der Waals surface area contributed by atoms with Crippen LogP contribution in [0.5, 0.6) is 0 Å². The summed E-state index contributed by atoms with van der Waals surface area (Å²) in [6.07, 6.45) is 0. The lowest BCUT2D eigenvalue weighted by atomic mass is 10.1. The van der Waals surface area contributed by atoms with Crippen molar-refractivity contribution in [3.8, 4) is 0 Å². The highest BCUT2D eigenvalue weighted by atomic mass is 35.5. The minimum Gasteiger partial charge on any atom is -0.381 e. The molecule has 0 aliphatic rings. The Labute approximate surface area is 98.1 Å². The van der Waals surface area contributed by atoms with E-state index in [1.54, 1.807) is 6.07 Å². The summed E-state index contributed by atoms with van der Waals surface area (Å²) in [5.74, 6) is -0.389. The molecule has 1 aromatic rings. The number of hydrogen-bond acceptors (Lipinski definition) is 3. The largest absolute Gasteiger partial charge is 0.381 e. The van der Waals surface area contributed by atoms with E-state index in [9.17, 15) is 9.90 Å². The average Bonchev–Trinajstić information content (AvgIpc) is 2.50. The van der Waals surface area contributed by atoms with Crippen molar-refractivity contribution < 1.29 is 9.90 Å². The maximum atomic E-state index is 11.5. The van der Waals surface area contributed by atoms with Gasteiger partial charge in [-0.25, -0.2) is 0 Å². The lowest BCUT2D eigenvalue weighted by Gasteiger charge is -2.20. The summed E-state index contributed by atoms with van der Waals surface area (Å²) in [7, 11) is 0. The minimum atomic E-state index is -1.35. The third-order valence-electron chi connectivity index (χ3n) is 1.92. The van der Waals surface area contributed by atoms with Gasteiger partial charge in [0.05, 0.1) is 10.4 Å². The molecule has 0 aliphatic carbocycles. The SMILES string of the molecule is CC(NC(=O)C(C)(C)O)c1ccc(Cl)s1. The van der Waals surface area contributed by atoms with Crippen molar-refractivity contribution >= 4 is 28.8 Å². The van der Waals surface area contributed by atoms with Gasteiger partial charge < -0.3 is 10.4 Å². The van der Waals surface area contributed by atoms with Crippen LogP contribution in [0.3, 0.4) is 0 Å². The molecule has 0 aliphatic heterocycles. The molecule has 0 aromatic carbocycles. The van der Waals surface area contributed by atoms with Crippen LogP contribution in [0.4, 0.5) is 0 Å². The molecular weight excluding hydrogens is 234 g/mol. The zero-order valence-electron chi connectivity index (χ0n) is 8.87. The molecule has 1 atom stereocenters. The fraction of sp³-hybridized carbons (Fsp3) is 0.500. The van der Waals surface area contributed by atoms with Gasteiger partial charge in [0.2, 0.25) is 0 Å². The first-order chi connectivity index (χ1) is 6.80. The summed E-state index contributed by atoms with van der Waals surface area (Å²) < 4.78 is 0.689. The molecular formula is C10H14ClNO2S. The van der Waals surface area contributed by atoms with Crippen LogP contribution >= 0.6 is 22.9 Å². The van der Waals surface area contributed by atoms with Gasteiger partial charge in [-0.05, 0) is 32.9 Å². The predicted molar refractivity (Wildman–Crippen MR) is 62.2 cm³/mol. The summed E-state index contributed by atoms with van der Waals surface area (Å²) >= 11 is 7.20. The number of thiophene rings is 1. The molecule has 15 heavy (non-hydrogen) atoms. The van der Waals surface area contributed by atoms with Crippen LogP contribution in [0.25, 0.3) is 0 Å². The Kier molecular flexibility index (Phi) is 3.76. The van der Waals surface area contributed by atoms with Gasteiger partial charge >= 0.3 is 0 Å². The molecule has 0 fully saturated rings. The first-order valence-electron chi connectivity index (χ1n) is 4.59. The van der Waals surface area contributed by atoms with E-state index in [4.69, 9.17) is 11.6 Å². The third kappa shape index (κ3) is 3.48. The van der Waals surface area contributed by atoms with E-state index in [2.05, 4.69) is 5.32 Å². The summed E-state index contributed by atoms with van der Waals surface area (Å²) in [4.78, 5) is 12.4. The van der Waals surface area contributed by atoms with E-state index in [-0.39, 0.29) is 11.9 Å². The molecule has 1 unspecified atom stereocenters. The molecule has 0 bridgehead atoms. The monoisotopic (exact) mass is 247 g/mol. The number of carbonyl (C=O) groups excluding carboxylic acids is 1. The average molecular weight is 248 g/mol. The van der Waals surface area contributed by atoms with Gasteiger partial charge in [-0.2, -0.15) is 0 Å². The van der Waals surface area contributed by atoms with Crippen molar-refractivity contribution in [3.05, 3.63) is 21.3 Å². The Morgan fingerprint density at radius 1 is 1.60 bits per heavy atom. The fourth-order valence-electron chi connectivity index (χ4n) is 1.01. The number of hydrogen-bond donors (Lipinski definition) is 2. The van der Waals surface area contributed by atoms with Gasteiger partial charge in [0.1, 0.15) is 5.60 Å². The van der Waals surface area contributed by atoms with Crippen molar-refractivity contribution in [1.29, 1.82) is 0 Å². The van der Waals surface area contributed by atoms with Crippen molar-refractivity contribution in [2.75, 3.05) is 0 Å². The zero-order valence-corrected chi connectivity index (χ0v) is 10.4. The van der Waals surface area contributed by atoms with Crippen LogP contribution in [0, 0.1) is 0 Å². The van der Waals surface area contributed by atoms with E-state index in [0.29, 0.717) is 4.34 Å². The van der Waals surface area contributed by atoms with Gasteiger partial charge in [-0.15, -0.1) is 11.3 Å². The van der Waals surface area contributed by atoms with Crippen molar-refractivity contribution in [1.82, 2.24) is 5.32 Å². The van der Waals surface area contributed by atoms with E-state index in [0.717, 1.165) is 4.88 Å². The van der Waals surface area contributed by atoms with Crippen LogP contribution < -0.4 is 5.32 Å². The molecule has 3 nitrogen and oxygen atoms in total. The highest BCUT2D eigenvalue weighted by Crippen LogP contribution is 2.26. The van der Waals surface area contributed by atoms with Crippen LogP contribution in [0.2, 0.25) is 4.34 Å². The predicted octanol–water partition coefficient (Wildman–Crippen LogP) is 2.35. The van der Waals surface area contributed by atoms with Gasteiger partial charge in [0.25, 0.3) is 5.91 Å². The maximum absolute atomic E-state index is 11.5. The minimum absolute atomic E-state index is 0.138. The molecule has 2 N–H and O–H groups in total. The van der Waals surface area contributed by atoms with E-state index >= 15 is 0 Å². The van der Waals surface area contributed by atoms with Crippen LogP contribution in [-0.4, -0.2) is 16.6 Å². The molecule has 0 spiro atoms. The second-order valence-corrected chi connectivity index (χ2v) is 5.64. The number of rotatable bonds is 3. The second kappa shape index (κ2) is 4.51. The molecule has 1 aromatic heterocycles. The number of carbonyl (C=O) groups is 1. The molecule has 0 saturated carbocycles. The normalized spacial score (nSPS) is 13.7. The van der Waals surface area contributed by atoms with E-state index in [1.165, 1.54) is 25.2 Å². The van der Waals surface area contributed by atoms with Gasteiger partial charge in [0, 0.05) is 4.88 Å². The van der Waals surface area contributed by atoms with E-state index < -0.39 is 5.60 Å². The molecule has 0 radical (unpaired) electrons. The van der Waals surface area contributed by atoms with Gasteiger partial charge in [0.15, 0.2) is 0 Å². The highest BCUT2D eigenvalue weighted by Gasteiger charge is 2.25. The third-order valence-corrected chi connectivity index (χ3v) is 3.34. The number of nitrogens with one attached hydrogen (secondary N) is 1. The first kappa shape index (κ1) is 12.5. The molecule has 1 rings (SSSR count). The second-order valence-electron chi connectivity index (χ2n) is 3.90. The standard InChI is InChI=1S/C10H14ClNO2S/c1-6(7-4-5-8(11)15-7)12-9(13)10(2,3)14/h4-6,14H,1-3H3,(H,12,13). The van der Waals surface area contributed by atoms with E-state index in [1.807, 2.05) is 13.0 Å². The Balaban J connectivity index is 2.64. The Morgan fingerprint density at radius 3 is 2.60 bits per heavy atom. The smallest absolute Gasteiger partial charge is 0.251 e. The van der Waals surface area contributed by atoms with Crippen LogP contribution in [-0.2, 0) is 4.79 Å². The Bertz CT molecular complexity index is 357. The topological polar surface area (TPSA) is 49.3 Å². The summed E-state index contributed by atoms with van der Waals surface area (Å²) in [5.41, 5.74) is -1.35. The Morgan fingerprint density at radius 2 is 2.20 bits per heavy atom. The molecule has 0 saturated heterocycles. The number of halogens is 1. The summed E-state index contributed by atoms with van der Waals surface area (Å²) in [5, 5.41) is 12.2. The lowest BCUT2D eigenvalue weighted by Crippen LogP contribution is -2.42. The molecule has 5 heteroatoms. The Hall–Kier alpha value is -0.580. The number of aliphatic hydroxyl groups is 1. The molecule has 84 valence electrons. The molecule has 1 heterocycles. The van der Waals surface area contributed by atoms with Crippen LogP contribution in [0.15, 0.2) is 12.1 Å². The zero-order chi connectivity index (χ0) is 11.6. The fourth-order valence-corrected chi connectivity index (χ4v) is 2.07. The van der Waals surface area contributed by atoms with Crippen molar-refractivity contribution in [2.24, 2.45) is 0 Å². The lowest BCUT2D eigenvalue weighted by molar-refractivity contribution is -0.137. The van der Waals surface area contributed by atoms with Gasteiger partial charge in [-0.1, -0.05) is 11.6 Å². The number of amides is 1. The first-order valence-corrected chi connectivity index (χ1v) is 5.78. The summed E-state index contributed by atoms with van der Waals surface area (Å²) in [6.45, 7) is 4.76. The quantitative estimate of drug-likeness (QED) is 0.862. The van der Waals surface area contributed by atoms with Gasteiger partial charge in [-0.3, -0.25) is 4.79 Å². The van der Waals surface area contributed by atoms with Crippen molar-refractivity contribution in [2.45, 2.75) is 32.4 Å². The maximum Gasteiger partial charge on any atom is 0.251 e. The van der Waals surface area contributed by atoms with Crippen LogP contribution in [0.1, 0.15) is 31.7 Å². The summed E-state index contributed by atoms with van der Waals surface area (Å²) in [6, 6.07) is 3.51. The molecule has 1 amide bonds.